The average molecular weight is 398 g/mol. The summed E-state index contributed by atoms with van der Waals surface area (Å²) in [6.07, 6.45) is 5.59. The van der Waals surface area contributed by atoms with Gasteiger partial charge in [-0.25, -0.2) is 0 Å². The van der Waals surface area contributed by atoms with Crippen LogP contribution < -0.4 is 15.3 Å². The molecule has 0 amide bonds. The van der Waals surface area contributed by atoms with Crippen molar-refractivity contribution in [3.8, 4) is 0 Å². The molecule has 3 nitrogen and oxygen atoms in total. The monoisotopic (exact) mass is 399 g/mol. The number of hydrogen-bond donors (Lipinski definition) is 0. The van der Waals surface area contributed by atoms with E-state index in [-0.39, 0.29) is 45.7 Å². The van der Waals surface area contributed by atoms with Crippen LogP contribution in [0.3, 0.4) is 0 Å². The maximum Gasteiger partial charge on any atom is 3.00 e. The molecule has 0 atom stereocenters. The van der Waals surface area contributed by atoms with Crippen LogP contribution in [-0.2, 0) is 25.8 Å². The smallest absolute Gasteiger partial charge is 0.854 e. The molecule has 0 aromatic heterocycles. The molecule has 0 aliphatic carbocycles. The zero-order valence-corrected chi connectivity index (χ0v) is 14.7. The Labute approximate surface area is 120 Å². The van der Waals surface area contributed by atoms with E-state index >= 15 is 0 Å². The van der Waals surface area contributed by atoms with E-state index in [0.29, 0.717) is 0 Å². The van der Waals surface area contributed by atoms with Crippen LogP contribution in [-0.4, -0.2) is 19.8 Å². The zero-order chi connectivity index (χ0) is 12.4. The summed E-state index contributed by atoms with van der Waals surface area (Å²) in [7, 11) is 0. The van der Waals surface area contributed by atoms with E-state index < -0.39 is 0 Å². The van der Waals surface area contributed by atoms with Crippen LogP contribution in [0.1, 0.15) is 59.3 Å². The molecule has 0 heterocycles. The molecule has 0 spiro atoms. The van der Waals surface area contributed by atoms with Crippen molar-refractivity contribution in [1.82, 2.24) is 0 Å². The van der Waals surface area contributed by atoms with Crippen molar-refractivity contribution in [3.05, 3.63) is 0 Å². The van der Waals surface area contributed by atoms with E-state index in [0.717, 1.165) is 38.5 Å². The first-order chi connectivity index (χ1) is 7.24. The summed E-state index contributed by atoms with van der Waals surface area (Å²) < 4.78 is 0. The Morgan fingerprint density at radius 1 is 0.562 bits per heavy atom. The van der Waals surface area contributed by atoms with Gasteiger partial charge in [-0.2, -0.15) is 0 Å². The van der Waals surface area contributed by atoms with E-state index in [9.17, 15) is 15.3 Å². The van der Waals surface area contributed by atoms with E-state index in [2.05, 4.69) is 0 Å². The van der Waals surface area contributed by atoms with Crippen LogP contribution in [0.4, 0.5) is 0 Å². The van der Waals surface area contributed by atoms with Crippen molar-refractivity contribution in [3.63, 3.8) is 0 Å². The SMILES string of the molecule is CCCC[O-].CCCC[O-].CCCC[O-].[Hf+3]. The molecular weight excluding hydrogens is 371 g/mol. The first-order valence-electron chi connectivity index (χ1n) is 5.99. The Morgan fingerprint density at radius 3 is 0.750 bits per heavy atom. The van der Waals surface area contributed by atoms with Gasteiger partial charge in [0.15, 0.2) is 0 Å². The van der Waals surface area contributed by atoms with Crippen LogP contribution in [0.25, 0.3) is 0 Å². The summed E-state index contributed by atoms with van der Waals surface area (Å²) in [5.74, 6) is 0. The van der Waals surface area contributed by atoms with E-state index in [1.807, 2.05) is 20.8 Å². The summed E-state index contributed by atoms with van der Waals surface area (Å²) >= 11 is 0. The van der Waals surface area contributed by atoms with E-state index in [1.165, 1.54) is 0 Å². The van der Waals surface area contributed by atoms with Gasteiger partial charge in [-0.3, -0.25) is 0 Å². The van der Waals surface area contributed by atoms with Crippen molar-refractivity contribution >= 4 is 0 Å². The summed E-state index contributed by atoms with van der Waals surface area (Å²) in [4.78, 5) is 0. The number of hydrogen-bond acceptors (Lipinski definition) is 3. The quantitative estimate of drug-likeness (QED) is 0.611. The maximum atomic E-state index is 9.53. The fourth-order valence-corrected chi connectivity index (χ4v) is 0.433. The Morgan fingerprint density at radius 2 is 0.750 bits per heavy atom. The second-order valence-corrected chi connectivity index (χ2v) is 3.17. The Hall–Kier alpha value is 0.750. The molecule has 4 heteroatoms. The molecule has 0 saturated heterocycles. The zero-order valence-electron chi connectivity index (χ0n) is 11.1. The predicted molar refractivity (Wildman–Crippen MR) is 59.3 cm³/mol. The van der Waals surface area contributed by atoms with Gasteiger partial charge >= 0.3 is 25.8 Å². The molecule has 0 N–H and O–H groups in total. The van der Waals surface area contributed by atoms with Crippen molar-refractivity contribution in [2.24, 2.45) is 0 Å². The molecule has 0 aromatic rings. The van der Waals surface area contributed by atoms with E-state index in [1.54, 1.807) is 0 Å². The molecule has 0 bridgehead atoms. The minimum Gasteiger partial charge on any atom is -0.854 e. The van der Waals surface area contributed by atoms with Gasteiger partial charge in [-0.05, 0) is 0 Å². The minimum atomic E-state index is 0. The molecule has 16 heavy (non-hydrogen) atoms. The van der Waals surface area contributed by atoms with Gasteiger partial charge in [0.1, 0.15) is 0 Å². The normalized spacial score (nSPS) is 7.88. The summed E-state index contributed by atoms with van der Waals surface area (Å²) in [6.45, 7) is 6.32. The third-order valence-corrected chi connectivity index (χ3v) is 1.49. The third-order valence-electron chi connectivity index (χ3n) is 1.49. The fraction of sp³-hybridized carbons (Fsp3) is 1.00. The summed E-state index contributed by atoms with van der Waals surface area (Å²) in [6, 6.07) is 0. The first-order valence-corrected chi connectivity index (χ1v) is 5.99. The standard InChI is InChI=1S/3C4H9O.Hf/c3*1-2-3-4-5;/h3*2-4H2,1H3;/q3*-1;+3. The first kappa shape index (κ1) is 25.6. The topological polar surface area (TPSA) is 69.2 Å². The molecule has 1 radical (unpaired) electrons. The molecule has 0 rings (SSSR count). The molecular formula is C12H27HfO3. The second kappa shape index (κ2) is 36.0. The Kier molecular flexibility index (Phi) is 57.6. The van der Waals surface area contributed by atoms with Gasteiger partial charge in [-0.15, -0.1) is 19.8 Å². The van der Waals surface area contributed by atoms with Crippen molar-refractivity contribution in [2.75, 3.05) is 19.8 Å². The molecule has 0 aliphatic rings. The largest absolute Gasteiger partial charge is 3.00 e. The van der Waals surface area contributed by atoms with E-state index in [4.69, 9.17) is 0 Å². The van der Waals surface area contributed by atoms with Gasteiger partial charge in [0.05, 0.1) is 0 Å². The average Bonchev–Trinajstić information content (AvgIpc) is 2.23. The molecule has 0 unspecified atom stereocenters. The van der Waals surface area contributed by atoms with Crippen LogP contribution >= 0.6 is 0 Å². The van der Waals surface area contributed by atoms with Crippen molar-refractivity contribution in [2.45, 2.75) is 59.3 Å². The number of rotatable bonds is 6. The predicted octanol–water partition coefficient (Wildman–Crippen LogP) is 0.438. The van der Waals surface area contributed by atoms with Crippen LogP contribution in [0.15, 0.2) is 0 Å². The molecule has 0 aromatic carbocycles. The van der Waals surface area contributed by atoms with Gasteiger partial charge < -0.3 is 15.3 Å². The summed E-state index contributed by atoms with van der Waals surface area (Å²) in [5, 5.41) is 28.6. The molecule has 0 aliphatic heterocycles. The Balaban J connectivity index is -0.0000000655. The van der Waals surface area contributed by atoms with Crippen LogP contribution in [0.5, 0.6) is 0 Å². The number of unbranched alkanes of at least 4 members (excludes halogenated alkanes) is 3. The van der Waals surface area contributed by atoms with Gasteiger partial charge in [-0.1, -0.05) is 59.3 Å². The summed E-state index contributed by atoms with van der Waals surface area (Å²) in [5.41, 5.74) is 0. The maximum absolute atomic E-state index is 9.53. The van der Waals surface area contributed by atoms with Crippen molar-refractivity contribution < 1.29 is 41.2 Å². The fourth-order valence-electron chi connectivity index (χ4n) is 0.433. The van der Waals surface area contributed by atoms with Gasteiger partial charge in [0.25, 0.3) is 0 Å². The second-order valence-electron chi connectivity index (χ2n) is 3.17. The van der Waals surface area contributed by atoms with Crippen molar-refractivity contribution in [1.29, 1.82) is 0 Å². The third kappa shape index (κ3) is 61.2. The molecule has 0 fully saturated rings. The minimum absolute atomic E-state index is 0. The Bertz CT molecular complexity index is 53.0. The van der Waals surface area contributed by atoms with Gasteiger partial charge in [0.2, 0.25) is 0 Å². The van der Waals surface area contributed by atoms with Crippen LogP contribution in [0.2, 0.25) is 0 Å². The molecule has 97 valence electrons. The van der Waals surface area contributed by atoms with Gasteiger partial charge in [0, 0.05) is 0 Å². The van der Waals surface area contributed by atoms with Crippen LogP contribution in [0, 0.1) is 0 Å². The molecule has 0 saturated carbocycles.